The van der Waals surface area contributed by atoms with Gasteiger partial charge in [-0.1, -0.05) is 90.2 Å². The lowest BCUT2D eigenvalue weighted by atomic mass is 10.0. The fourth-order valence-electron chi connectivity index (χ4n) is 3.65. The van der Waals surface area contributed by atoms with Crippen LogP contribution in [0.2, 0.25) is 0 Å². The summed E-state index contributed by atoms with van der Waals surface area (Å²) in [6.45, 7) is 6.01. The molecule has 1 rings (SSSR count). The zero-order valence-corrected chi connectivity index (χ0v) is 19.0. The summed E-state index contributed by atoms with van der Waals surface area (Å²) in [5, 5.41) is 2.65. The zero-order chi connectivity index (χ0) is 21.3. The molecule has 1 aromatic carbocycles. The molecular formula is C25H42N2O2. The third kappa shape index (κ3) is 9.96. The van der Waals surface area contributed by atoms with E-state index in [4.69, 9.17) is 0 Å². The van der Waals surface area contributed by atoms with Gasteiger partial charge < -0.3 is 10.2 Å². The molecule has 4 nitrogen and oxygen atoms in total. The molecule has 0 spiro atoms. The molecule has 1 N–H and O–H groups in total. The van der Waals surface area contributed by atoms with E-state index in [0.717, 1.165) is 38.8 Å². The quantitative estimate of drug-likeness (QED) is 0.334. The molecule has 164 valence electrons. The molecule has 1 aromatic rings. The molecule has 0 bridgehead atoms. The molecule has 0 aliphatic carbocycles. The Kier molecular flexibility index (Phi) is 13.9. The van der Waals surface area contributed by atoms with E-state index in [9.17, 15) is 9.59 Å². The first kappa shape index (κ1) is 25.2. The third-order valence-electron chi connectivity index (χ3n) is 5.48. The number of carbonyl (C=O) groups is 2. The van der Waals surface area contributed by atoms with E-state index < -0.39 is 0 Å². The van der Waals surface area contributed by atoms with Crippen LogP contribution in [0.1, 0.15) is 112 Å². The van der Waals surface area contributed by atoms with Gasteiger partial charge in [0.15, 0.2) is 0 Å². The van der Waals surface area contributed by atoms with Gasteiger partial charge in [0.1, 0.15) is 0 Å². The minimum Gasteiger partial charge on any atom is -0.355 e. The Balaban J connectivity index is 2.70. The molecule has 0 saturated carbocycles. The molecule has 0 aliphatic heterocycles. The lowest BCUT2D eigenvalue weighted by Crippen LogP contribution is -2.34. The molecular weight excluding hydrogens is 360 g/mol. The number of benzene rings is 1. The molecule has 4 heteroatoms. The summed E-state index contributed by atoms with van der Waals surface area (Å²) in [5.74, 6) is -0.209. The normalized spacial score (nSPS) is 10.7. The van der Waals surface area contributed by atoms with Crippen LogP contribution in [0.15, 0.2) is 24.3 Å². The number of unbranched alkanes of at least 4 members (excludes halogenated alkanes) is 10. The van der Waals surface area contributed by atoms with Crippen molar-refractivity contribution in [3.05, 3.63) is 35.4 Å². The number of carbonyl (C=O) groups excluding carboxylic acids is 2. The number of amides is 2. The minimum atomic E-state index is -0.201. The van der Waals surface area contributed by atoms with Crippen molar-refractivity contribution < 1.29 is 9.59 Å². The maximum Gasteiger partial charge on any atom is 0.254 e. The van der Waals surface area contributed by atoms with Gasteiger partial charge in [0, 0.05) is 20.1 Å². The fourth-order valence-corrected chi connectivity index (χ4v) is 3.65. The van der Waals surface area contributed by atoms with Gasteiger partial charge in [-0.05, 0) is 25.0 Å². The molecule has 0 saturated heterocycles. The van der Waals surface area contributed by atoms with Crippen LogP contribution >= 0.6 is 0 Å². The van der Waals surface area contributed by atoms with Gasteiger partial charge in [-0.2, -0.15) is 0 Å². The number of rotatable bonds is 16. The van der Waals surface area contributed by atoms with E-state index in [1.807, 2.05) is 17.0 Å². The fraction of sp³-hybridized carbons (Fsp3) is 0.680. The van der Waals surface area contributed by atoms with Crippen LogP contribution in [-0.2, 0) is 0 Å². The smallest absolute Gasteiger partial charge is 0.254 e. The number of nitrogens with zero attached hydrogens (tertiary/aromatic N) is 1. The molecule has 0 unspecified atom stereocenters. The SMILES string of the molecule is CCCCCCCCN(CCCCCCCC)C(=O)c1ccccc1C(=O)NC. The Bertz CT molecular complexity index is 570. The summed E-state index contributed by atoms with van der Waals surface area (Å²) in [4.78, 5) is 27.4. The van der Waals surface area contributed by atoms with Crippen LogP contribution in [0.4, 0.5) is 0 Å². The molecule has 0 atom stereocenters. The summed E-state index contributed by atoms with van der Waals surface area (Å²) >= 11 is 0. The van der Waals surface area contributed by atoms with Crippen LogP contribution in [0.5, 0.6) is 0 Å². The highest BCUT2D eigenvalue weighted by Crippen LogP contribution is 2.15. The van der Waals surface area contributed by atoms with Gasteiger partial charge in [-0.25, -0.2) is 0 Å². The van der Waals surface area contributed by atoms with Gasteiger partial charge >= 0.3 is 0 Å². The predicted octanol–water partition coefficient (Wildman–Crippen LogP) is 6.21. The molecule has 0 fully saturated rings. The molecule has 29 heavy (non-hydrogen) atoms. The Morgan fingerprint density at radius 2 is 1.17 bits per heavy atom. The standard InChI is InChI=1S/C25H42N2O2/c1-4-6-8-10-12-16-20-27(21-17-13-11-9-7-5-2)25(29)23-19-15-14-18-22(23)24(28)26-3/h14-15,18-19H,4-13,16-17,20-21H2,1-3H3,(H,26,28). The first-order valence-corrected chi connectivity index (χ1v) is 11.8. The van der Waals surface area contributed by atoms with Crippen LogP contribution < -0.4 is 5.32 Å². The first-order valence-electron chi connectivity index (χ1n) is 11.8. The number of nitrogens with one attached hydrogen (secondary N) is 1. The lowest BCUT2D eigenvalue weighted by Gasteiger charge is -2.24. The zero-order valence-electron chi connectivity index (χ0n) is 19.0. The van der Waals surface area contributed by atoms with Crippen molar-refractivity contribution in [3.8, 4) is 0 Å². The van der Waals surface area contributed by atoms with Crippen molar-refractivity contribution in [2.75, 3.05) is 20.1 Å². The Morgan fingerprint density at radius 3 is 1.66 bits per heavy atom. The second kappa shape index (κ2) is 16.0. The Morgan fingerprint density at radius 1 is 0.724 bits per heavy atom. The topological polar surface area (TPSA) is 49.4 Å². The molecule has 0 aliphatic rings. The highest BCUT2D eigenvalue weighted by atomic mass is 16.2. The minimum absolute atomic E-state index is 0.00804. The summed E-state index contributed by atoms with van der Waals surface area (Å²) in [6, 6.07) is 7.17. The van der Waals surface area contributed by atoms with Crippen molar-refractivity contribution in [3.63, 3.8) is 0 Å². The van der Waals surface area contributed by atoms with Crippen molar-refractivity contribution in [1.82, 2.24) is 10.2 Å². The third-order valence-corrected chi connectivity index (χ3v) is 5.48. The molecule has 0 heterocycles. The average Bonchev–Trinajstić information content (AvgIpc) is 2.76. The Hall–Kier alpha value is -1.84. The first-order chi connectivity index (χ1) is 14.2. The molecule has 0 aromatic heterocycles. The maximum atomic E-state index is 13.3. The maximum absolute atomic E-state index is 13.3. The van der Waals surface area contributed by atoms with E-state index in [2.05, 4.69) is 19.2 Å². The van der Waals surface area contributed by atoms with E-state index in [0.29, 0.717) is 11.1 Å². The molecule has 2 amide bonds. The predicted molar refractivity (Wildman–Crippen MR) is 122 cm³/mol. The highest BCUT2D eigenvalue weighted by Gasteiger charge is 2.20. The largest absolute Gasteiger partial charge is 0.355 e. The van der Waals surface area contributed by atoms with Crippen molar-refractivity contribution >= 4 is 11.8 Å². The second-order valence-electron chi connectivity index (χ2n) is 7.95. The van der Waals surface area contributed by atoms with Gasteiger partial charge in [0.05, 0.1) is 11.1 Å². The number of hydrogen-bond donors (Lipinski definition) is 1. The van der Waals surface area contributed by atoms with Gasteiger partial charge in [-0.3, -0.25) is 9.59 Å². The number of hydrogen-bond acceptors (Lipinski definition) is 2. The summed E-state index contributed by atoms with van der Waals surface area (Å²) in [6.07, 6.45) is 14.5. The molecule has 0 radical (unpaired) electrons. The van der Waals surface area contributed by atoms with Crippen LogP contribution in [0.25, 0.3) is 0 Å². The lowest BCUT2D eigenvalue weighted by molar-refractivity contribution is 0.0743. The summed E-state index contributed by atoms with van der Waals surface area (Å²) < 4.78 is 0. The monoisotopic (exact) mass is 402 g/mol. The van der Waals surface area contributed by atoms with E-state index in [1.165, 1.54) is 51.4 Å². The van der Waals surface area contributed by atoms with E-state index in [1.54, 1.807) is 19.2 Å². The summed E-state index contributed by atoms with van der Waals surface area (Å²) in [5.41, 5.74) is 0.986. The van der Waals surface area contributed by atoms with Gasteiger partial charge in [0.25, 0.3) is 11.8 Å². The van der Waals surface area contributed by atoms with E-state index >= 15 is 0 Å². The average molecular weight is 403 g/mol. The van der Waals surface area contributed by atoms with Crippen molar-refractivity contribution in [1.29, 1.82) is 0 Å². The Labute approximate surface area is 178 Å². The van der Waals surface area contributed by atoms with Crippen molar-refractivity contribution in [2.24, 2.45) is 0 Å². The summed E-state index contributed by atoms with van der Waals surface area (Å²) in [7, 11) is 1.61. The van der Waals surface area contributed by atoms with E-state index in [-0.39, 0.29) is 11.8 Å². The highest BCUT2D eigenvalue weighted by molar-refractivity contribution is 6.07. The second-order valence-corrected chi connectivity index (χ2v) is 7.95. The van der Waals surface area contributed by atoms with Gasteiger partial charge in [-0.15, -0.1) is 0 Å². The van der Waals surface area contributed by atoms with Crippen LogP contribution in [-0.4, -0.2) is 36.9 Å². The van der Waals surface area contributed by atoms with Crippen LogP contribution in [0.3, 0.4) is 0 Å². The van der Waals surface area contributed by atoms with Crippen molar-refractivity contribution in [2.45, 2.75) is 90.9 Å². The van der Waals surface area contributed by atoms with Gasteiger partial charge in [0.2, 0.25) is 0 Å². The van der Waals surface area contributed by atoms with Crippen LogP contribution in [0, 0.1) is 0 Å².